The van der Waals surface area contributed by atoms with Gasteiger partial charge in [-0.25, -0.2) is 4.98 Å². The maximum Gasteiger partial charge on any atom is 0.263 e. The van der Waals surface area contributed by atoms with Gasteiger partial charge in [0.05, 0.1) is 30.5 Å². The van der Waals surface area contributed by atoms with Gasteiger partial charge in [0.1, 0.15) is 16.4 Å². The molecule has 1 amide bonds. The summed E-state index contributed by atoms with van der Waals surface area (Å²) in [5.74, 6) is 1.68. The van der Waals surface area contributed by atoms with Crippen LogP contribution in [0.3, 0.4) is 0 Å². The van der Waals surface area contributed by atoms with Crippen LogP contribution in [0, 0.1) is 13.8 Å². The van der Waals surface area contributed by atoms with Crippen molar-refractivity contribution in [2.45, 2.75) is 19.9 Å². The van der Waals surface area contributed by atoms with Gasteiger partial charge in [-0.05, 0) is 26.0 Å². The number of nitrogens with one attached hydrogen (secondary N) is 1. The first-order valence-electron chi connectivity index (χ1n) is 7.71. The van der Waals surface area contributed by atoms with E-state index in [-0.39, 0.29) is 11.9 Å². The van der Waals surface area contributed by atoms with E-state index in [9.17, 15) is 4.79 Å². The zero-order chi connectivity index (χ0) is 16.2. The minimum absolute atomic E-state index is 0.0183. The monoisotopic (exact) mass is 335 g/mol. The Bertz CT molecular complexity index is 661. The van der Waals surface area contributed by atoms with Crippen LogP contribution in [0.5, 0.6) is 0 Å². The first-order chi connectivity index (χ1) is 11.1. The van der Waals surface area contributed by atoms with E-state index in [4.69, 9.17) is 9.15 Å². The summed E-state index contributed by atoms with van der Waals surface area (Å²) in [6.07, 6.45) is 0. The van der Waals surface area contributed by atoms with Gasteiger partial charge in [0.15, 0.2) is 0 Å². The van der Waals surface area contributed by atoms with Gasteiger partial charge in [0, 0.05) is 19.6 Å². The van der Waals surface area contributed by atoms with Crippen molar-refractivity contribution in [2.24, 2.45) is 0 Å². The average molecular weight is 335 g/mol. The topological polar surface area (TPSA) is 67.6 Å². The largest absolute Gasteiger partial charge is 0.465 e. The highest BCUT2D eigenvalue weighted by molar-refractivity contribution is 7.11. The highest BCUT2D eigenvalue weighted by atomic mass is 32.1. The lowest BCUT2D eigenvalue weighted by Crippen LogP contribution is -2.43. The SMILES string of the molecule is Cc1ccc(C(CNC(=O)c2scnc2C)N2CCOCC2)o1. The van der Waals surface area contributed by atoms with Gasteiger partial charge in [-0.15, -0.1) is 11.3 Å². The first-order valence-corrected chi connectivity index (χ1v) is 8.59. The van der Waals surface area contributed by atoms with Crippen LogP contribution in [-0.2, 0) is 4.74 Å². The number of ether oxygens (including phenoxy) is 1. The second kappa shape index (κ2) is 7.25. The van der Waals surface area contributed by atoms with Crippen molar-refractivity contribution in [2.75, 3.05) is 32.8 Å². The average Bonchev–Trinajstić information content (AvgIpc) is 3.17. The summed E-state index contributed by atoms with van der Waals surface area (Å²) in [5, 5.41) is 3.02. The molecule has 2 aromatic heterocycles. The van der Waals surface area contributed by atoms with Gasteiger partial charge < -0.3 is 14.5 Å². The fraction of sp³-hybridized carbons (Fsp3) is 0.500. The molecule has 7 heteroatoms. The molecule has 23 heavy (non-hydrogen) atoms. The predicted octanol–water partition coefficient (Wildman–Crippen LogP) is 2.16. The van der Waals surface area contributed by atoms with Crippen LogP contribution in [0.1, 0.15) is 32.9 Å². The molecule has 6 nitrogen and oxygen atoms in total. The Balaban J connectivity index is 1.71. The zero-order valence-corrected chi connectivity index (χ0v) is 14.2. The summed E-state index contributed by atoms with van der Waals surface area (Å²) in [7, 11) is 0. The Labute approximate surface area is 139 Å². The van der Waals surface area contributed by atoms with Gasteiger partial charge >= 0.3 is 0 Å². The van der Waals surface area contributed by atoms with Crippen molar-refractivity contribution in [3.63, 3.8) is 0 Å². The highest BCUT2D eigenvalue weighted by Gasteiger charge is 2.26. The fourth-order valence-corrected chi connectivity index (χ4v) is 3.44. The van der Waals surface area contributed by atoms with Crippen molar-refractivity contribution in [3.8, 4) is 0 Å². The molecule has 0 aliphatic carbocycles. The molecule has 0 aromatic carbocycles. The molecule has 3 heterocycles. The van der Waals surface area contributed by atoms with Crippen molar-refractivity contribution in [1.29, 1.82) is 0 Å². The van der Waals surface area contributed by atoms with Crippen molar-refractivity contribution >= 4 is 17.2 Å². The van der Waals surface area contributed by atoms with Crippen LogP contribution >= 0.6 is 11.3 Å². The van der Waals surface area contributed by atoms with Crippen molar-refractivity contribution in [1.82, 2.24) is 15.2 Å². The lowest BCUT2D eigenvalue weighted by atomic mass is 10.1. The van der Waals surface area contributed by atoms with Crippen LogP contribution in [-0.4, -0.2) is 48.6 Å². The Hall–Kier alpha value is -1.70. The lowest BCUT2D eigenvalue weighted by molar-refractivity contribution is 0.0117. The van der Waals surface area contributed by atoms with Crippen molar-refractivity contribution in [3.05, 3.63) is 39.7 Å². The molecule has 2 aromatic rings. The minimum Gasteiger partial charge on any atom is -0.465 e. The van der Waals surface area contributed by atoms with Gasteiger partial charge in [-0.2, -0.15) is 0 Å². The summed E-state index contributed by atoms with van der Waals surface area (Å²) in [6, 6.07) is 3.96. The normalized spacial score (nSPS) is 17.1. The number of furan rings is 1. The van der Waals surface area contributed by atoms with E-state index >= 15 is 0 Å². The number of morpholine rings is 1. The smallest absolute Gasteiger partial charge is 0.263 e. The third-order valence-electron chi connectivity index (χ3n) is 3.98. The number of hydrogen-bond donors (Lipinski definition) is 1. The number of hydrogen-bond acceptors (Lipinski definition) is 6. The highest BCUT2D eigenvalue weighted by Crippen LogP contribution is 2.23. The number of aryl methyl sites for hydroxylation is 2. The zero-order valence-electron chi connectivity index (χ0n) is 13.4. The molecular formula is C16H21N3O3S. The van der Waals surface area contributed by atoms with Crippen LogP contribution in [0.4, 0.5) is 0 Å². The summed E-state index contributed by atoms with van der Waals surface area (Å²) < 4.78 is 11.2. The van der Waals surface area contributed by atoms with Crippen LogP contribution < -0.4 is 5.32 Å². The van der Waals surface area contributed by atoms with Crippen molar-refractivity contribution < 1.29 is 13.9 Å². The standard InChI is InChI=1S/C16H21N3O3S/c1-11-3-4-14(22-11)13(19-5-7-21-8-6-19)9-17-16(20)15-12(2)18-10-23-15/h3-4,10,13H,5-9H2,1-2H3,(H,17,20). The first kappa shape index (κ1) is 16.2. The summed E-state index contributed by atoms with van der Waals surface area (Å²) in [5.41, 5.74) is 2.46. The molecule has 1 saturated heterocycles. The number of carbonyl (C=O) groups excluding carboxylic acids is 1. The van der Waals surface area contributed by atoms with E-state index in [0.717, 1.165) is 30.3 Å². The number of rotatable bonds is 5. The molecule has 124 valence electrons. The van der Waals surface area contributed by atoms with Crippen LogP contribution in [0.2, 0.25) is 0 Å². The fourth-order valence-electron chi connectivity index (χ4n) is 2.72. The number of amides is 1. The molecule has 0 spiro atoms. The molecule has 1 N–H and O–H groups in total. The maximum absolute atomic E-state index is 12.3. The second-order valence-electron chi connectivity index (χ2n) is 5.59. The van der Waals surface area contributed by atoms with E-state index in [1.807, 2.05) is 26.0 Å². The number of carbonyl (C=O) groups is 1. The molecule has 0 bridgehead atoms. The van der Waals surface area contributed by atoms with E-state index in [2.05, 4.69) is 15.2 Å². The lowest BCUT2D eigenvalue weighted by Gasteiger charge is -2.33. The molecule has 0 saturated carbocycles. The molecule has 3 rings (SSSR count). The number of thiazole rings is 1. The quantitative estimate of drug-likeness (QED) is 0.907. The predicted molar refractivity (Wildman–Crippen MR) is 87.8 cm³/mol. The second-order valence-corrected chi connectivity index (χ2v) is 6.44. The van der Waals surface area contributed by atoms with Gasteiger partial charge in [-0.1, -0.05) is 0 Å². The Kier molecular flexibility index (Phi) is 5.09. The number of aromatic nitrogens is 1. The Morgan fingerprint density at radius 3 is 2.78 bits per heavy atom. The molecule has 1 fully saturated rings. The summed E-state index contributed by atoms with van der Waals surface area (Å²) >= 11 is 1.36. The van der Waals surface area contributed by atoms with E-state index in [1.165, 1.54) is 11.3 Å². The summed E-state index contributed by atoms with van der Waals surface area (Å²) in [4.78, 5) is 19.4. The molecule has 1 aliphatic rings. The molecule has 1 aliphatic heterocycles. The van der Waals surface area contributed by atoms with Crippen LogP contribution in [0.15, 0.2) is 22.1 Å². The third kappa shape index (κ3) is 3.80. The van der Waals surface area contributed by atoms with Crippen LogP contribution in [0.25, 0.3) is 0 Å². The van der Waals surface area contributed by atoms with Gasteiger partial charge in [0.25, 0.3) is 5.91 Å². The molecule has 1 unspecified atom stereocenters. The van der Waals surface area contributed by atoms with Gasteiger partial charge in [-0.3, -0.25) is 9.69 Å². The number of nitrogens with zero attached hydrogens (tertiary/aromatic N) is 2. The van der Waals surface area contributed by atoms with E-state index in [1.54, 1.807) is 5.51 Å². The Morgan fingerprint density at radius 2 is 2.17 bits per heavy atom. The van der Waals surface area contributed by atoms with Gasteiger partial charge in [0.2, 0.25) is 0 Å². The summed E-state index contributed by atoms with van der Waals surface area (Å²) in [6.45, 7) is 7.36. The minimum atomic E-state index is -0.0773. The molecular weight excluding hydrogens is 314 g/mol. The molecule has 1 atom stereocenters. The maximum atomic E-state index is 12.3. The van der Waals surface area contributed by atoms with E-state index in [0.29, 0.717) is 24.6 Å². The van der Waals surface area contributed by atoms with E-state index < -0.39 is 0 Å². The third-order valence-corrected chi connectivity index (χ3v) is 4.91. The molecule has 0 radical (unpaired) electrons. The Morgan fingerprint density at radius 1 is 1.39 bits per heavy atom.